The van der Waals surface area contributed by atoms with Gasteiger partial charge in [0.2, 0.25) is 5.91 Å². The van der Waals surface area contributed by atoms with E-state index < -0.39 is 23.1 Å². The lowest BCUT2D eigenvalue weighted by atomic mass is 10.0. The monoisotopic (exact) mass is 521 g/mol. The van der Waals surface area contributed by atoms with Crippen LogP contribution >= 0.6 is 0 Å². The molecule has 196 valence electrons. The maximum Gasteiger partial charge on any atom is 0.261 e. The van der Waals surface area contributed by atoms with E-state index in [2.05, 4.69) is 15.8 Å². The first kappa shape index (κ1) is 26.3. The van der Waals surface area contributed by atoms with Crippen LogP contribution in [0.1, 0.15) is 27.2 Å². The van der Waals surface area contributed by atoms with Crippen molar-refractivity contribution in [1.82, 2.24) is 5.16 Å². The van der Waals surface area contributed by atoms with Crippen LogP contribution in [0.5, 0.6) is 11.5 Å². The topological polar surface area (TPSA) is 103 Å². The number of rotatable bonds is 8. The average molecular weight is 522 g/mol. The van der Waals surface area contributed by atoms with E-state index in [1.165, 1.54) is 27.2 Å². The normalized spacial score (nSPS) is 10.7. The van der Waals surface area contributed by atoms with Gasteiger partial charge in [0.05, 0.1) is 26.2 Å². The number of aryl methyl sites for hydroxylation is 2. The number of hydrogen-bond acceptors (Lipinski definition) is 6. The Labute approximate surface area is 217 Å². The Morgan fingerprint density at radius 1 is 0.921 bits per heavy atom. The van der Waals surface area contributed by atoms with Gasteiger partial charge in [-0.2, -0.15) is 0 Å². The molecule has 0 radical (unpaired) electrons. The number of carbonyl (C=O) groups excluding carboxylic acids is 2. The first-order chi connectivity index (χ1) is 18.2. The van der Waals surface area contributed by atoms with Crippen molar-refractivity contribution >= 4 is 23.2 Å². The Balaban J connectivity index is 1.50. The predicted octanol–water partition coefficient (Wildman–Crippen LogP) is 5.69. The number of hydrogen-bond donors (Lipinski definition) is 2. The summed E-state index contributed by atoms with van der Waals surface area (Å²) in [5.41, 5.74) is 1.56. The summed E-state index contributed by atoms with van der Waals surface area (Å²) >= 11 is 0. The molecule has 4 aromatic rings. The summed E-state index contributed by atoms with van der Waals surface area (Å²) in [5.74, 6) is -1.52. The second-order valence-electron chi connectivity index (χ2n) is 8.47. The van der Waals surface area contributed by atoms with Crippen LogP contribution in [-0.4, -0.2) is 31.2 Å². The number of nitrogens with zero attached hydrogens (tertiary/aromatic N) is 1. The van der Waals surface area contributed by atoms with E-state index in [9.17, 15) is 18.4 Å². The smallest absolute Gasteiger partial charge is 0.261 e. The van der Waals surface area contributed by atoms with E-state index in [1.807, 2.05) is 6.92 Å². The average Bonchev–Trinajstić information content (AvgIpc) is 3.24. The van der Waals surface area contributed by atoms with Gasteiger partial charge in [-0.15, -0.1) is 0 Å². The number of carbonyl (C=O) groups is 2. The van der Waals surface area contributed by atoms with Crippen LogP contribution in [0.3, 0.4) is 0 Å². The minimum Gasteiger partial charge on any atom is -0.493 e. The molecule has 0 unspecified atom stereocenters. The standard InChI is InChI=1S/C28H25F2N3O5/c1-15-11-19(14-22(36-3)27(15)37-4)31-23(34)13-17-7-5-8-18(12-17)32-28(35)24-16(2)38-33-26(24)25-20(29)9-6-10-21(25)30/h5-12,14H,13H2,1-4H3,(H,31,34)(H,32,35). The van der Waals surface area contributed by atoms with Gasteiger partial charge in [0, 0.05) is 17.4 Å². The van der Waals surface area contributed by atoms with Crippen molar-refractivity contribution in [2.75, 3.05) is 24.9 Å². The second-order valence-corrected chi connectivity index (χ2v) is 8.47. The van der Waals surface area contributed by atoms with Crippen LogP contribution in [0.2, 0.25) is 0 Å². The molecule has 0 saturated carbocycles. The Morgan fingerprint density at radius 2 is 1.63 bits per heavy atom. The molecule has 4 rings (SSSR count). The summed E-state index contributed by atoms with van der Waals surface area (Å²) in [4.78, 5) is 25.8. The molecular weight excluding hydrogens is 496 g/mol. The number of ether oxygens (including phenoxy) is 2. The molecule has 1 aromatic heterocycles. The molecule has 0 fully saturated rings. The van der Waals surface area contributed by atoms with Gasteiger partial charge in [-0.05, 0) is 55.3 Å². The zero-order valence-corrected chi connectivity index (χ0v) is 21.1. The molecule has 0 aliphatic carbocycles. The third kappa shape index (κ3) is 5.49. The minimum absolute atomic E-state index is 0.0229. The summed E-state index contributed by atoms with van der Waals surface area (Å²) in [5, 5.41) is 9.23. The van der Waals surface area contributed by atoms with Gasteiger partial charge in [-0.1, -0.05) is 23.4 Å². The third-order valence-corrected chi connectivity index (χ3v) is 5.79. The summed E-state index contributed by atoms with van der Waals surface area (Å²) in [6, 6.07) is 13.5. The number of methoxy groups -OCH3 is 2. The maximum absolute atomic E-state index is 14.3. The van der Waals surface area contributed by atoms with E-state index in [0.29, 0.717) is 28.4 Å². The Morgan fingerprint density at radius 3 is 2.32 bits per heavy atom. The predicted molar refractivity (Wildman–Crippen MR) is 138 cm³/mol. The number of halogens is 2. The van der Waals surface area contributed by atoms with Gasteiger partial charge >= 0.3 is 0 Å². The first-order valence-electron chi connectivity index (χ1n) is 11.5. The van der Waals surface area contributed by atoms with Crippen LogP contribution in [0.25, 0.3) is 11.3 Å². The molecule has 0 saturated heterocycles. The molecule has 0 atom stereocenters. The highest BCUT2D eigenvalue weighted by Gasteiger charge is 2.26. The van der Waals surface area contributed by atoms with Crippen molar-refractivity contribution < 1.29 is 32.4 Å². The SMILES string of the molecule is COc1cc(NC(=O)Cc2cccc(NC(=O)c3c(-c4c(F)cccc4F)noc3C)c2)cc(C)c1OC. The van der Waals surface area contributed by atoms with Crippen molar-refractivity contribution in [3.8, 4) is 22.8 Å². The number of nitrogens with one attached hydrogen (secondary N) is 2. The summed E-state index contributed by atoms with van der Waals surface area (Å²) in [6.07, 6.45) is 0.0229. The highest BCUT2D eigenvalue weighted by atomic mass is 19.1. The van der Waals surface area contributed by atoms with Crippen LogP contribution < -0.4 is 20.1 Å². The van der Waals surface area contributed by atoms with Crippen molar-refractivity contribution in [3.05, 3.63) is 88.7 Å². The van der Waals surface area contributed by atoms with Crippen molar-refractivity contribution in [3.63, 3.8) is 0 Å². The van der Waals surface area contributed by atoms with Crippen LogP contribution in [0, 0.1) is 25.5 Å². The fourth-order valence-corrected chi connectivity index (χ4v) is 4.10. The molecule has 2 N–H and O–H groups in total. The highest BCUT2D eigenvalue weighted by molar-refractivity contribution is 6.09. The van der Waals surface area contributed by atoms with Crippen molar-refractivity contribution in [1.29, 1.82) is 0 Å². The molecule has 3 aromatic carbocycles. The highest BCUT2D eigenvalue weighted by Crippen LogP contribution is 2.34. The molecule has 38 heavy (non-hydrogen) atoms. The molecule has 10 heteroatoms. The maximum atomic E-state index is 14.3. The lowest BCUT2D eigenvalue weighted by Crippen LogP contribution is -2.16. The Hall–Kier alpha value is -4.73. The molecule has 0 aliphatic heterocycles. The zero-order valence-electron chi connectivity index (χ0n) is 21.1. The van der Waals surface area contributed by atoms with Gasteiger partial charge in [-0.25, -0.2) is 8.78 Å². The first-order valence-corrected chi connectivity index (χ1v) is 11.5. The molecule has 8 nitrogen and oxygen atoms in total. The van der Waals surface area contributed by atoms with Gasteiger partial charge in [0.1, 0.15) is 28.7 Å². The lowest BCUT2D eigenvalue weighted by Gasteiger charge is -2.14. The van der Waals surface area contributed by atoms with Crippen molar-refractivity contribution in [2.45, 2.75) is 20.3 Å². The van der Waals surface area contributed by atoms with E-state index in [-0.39, 0.29) is 29.3 Å². The zero-order chi connectivity index (χ0) is 27.4. The quantitative estimate of drug-likeness (QED) is 0.309. The van der Waals surface area contributed by atoms with E-state index >= 15 is 0 Å². The number of amides is 2. The van der Waals surface area contributed by atoms with Gasteiger partial charge in [0.25, 0.3) is 5.91 Å². The summed E-state index contributed by atoms with van der Waals surface area (Å²) in [6.45, 7) is 3.31. The second kappa shape index (κ2) is 11.1. The van der Waals surface area contributed by atoms with Crippen molar-refractivity contribution in [2.24, 2.45) is 0 Å². The van der Waals surface area contributed by atoms with E-state index in [4.69, 9.17) is 14.0 Å². The molecule has 0 bridgehead atoms. The Kier molecular flexibility index (Phi) is 7.71. The fourth-order valence-electron chi connectivity index (χ4n) is 4.10. The van der Waals surface area contributed by atoms with Crippen LogP contribution in [0.4, 0.5) is 20.2 Å². The number of benzene rings is 3. The minimum atomic E-state index is -0.870. The van der Waals surface area contributed by atoms with Crippen LogP contribution in [-0.2, 0) is 11.2 Å². The Bertz CT molecular complexity index is 1500. The molecule has 0 aliphatic rings. The largest absolute Gasteiger partial charge is 0.493 e. The number of aromatic nitrogens is 1. The molecule has 0 spiro atoms. The van der Waals surface area contributed by atoms with Gasteiger partial charge < -0.3 is 24.6 Å². The summed E-state index contributed by atoms with van der Waals surface area (Å²) in [7, 11) is 3.05. The van der Waals surface area contributed by atoms with Crippen LogP contribution in [0.15, 0.2) is 59.1 Å². The lowest BCUT2D eigenvalue weighted by molar-refractivity contribution is -0.115. The fraction of sp³-hybridized carbons (Fsp3) is 0.179. The van der Waals surface area contributed by atoms with Gasteiger partial charge in [-0.3, -0.25) is 9.59 Å². The van der Waals surface area contributed by atoms with E-state index in [0.717, 1.165) is 17.7 Å². The summed E-state index contributed by atoms with van der Waals surface area (Å²) < 4.78 is 44.4. The molecule has 1 heterocycles. The molecular formula is C28H25F2N3O5. The van der Waals surface area contributed by atoms with E-state index in [1.54, 1.807) is 36.4 Å². The molecule has 2 amide bonds. The number of anilines is 2. The van der Waals surface area contributed by atoms with Gasteiger partial charge in [0.15, 0.2) is 11.5 Å². The third-order valence-electron chi connectivity index (χ3n) is 5.79.